The molecule has 0 radical (unpaired) electrons. The molecule has 0 saturated heterocycles. The number of rotatable bonds is 1. The van der Waals surface area contributed by atoms with E-state index in [0.29, 0.717) is 0 Å². The van der Waals surface area contributed by atoms with Crippen molar-refractivity contribution >= 4 is 25.3 Å². The topological polar surface area (TPSA) is 25.8 Å². The zero-order chi connectivity index (χ0) is 6.69. The van der Waals surface area contributed by atoms with Crippen LogP contribution in [-0.2, 0) is 0 Å². The fraction of sp³-hybridized carbons (Fsp3) is 0.200. The molecular weight excluding hydrogens is 152 g/mol. The highest BCUT2D eigenvalue weighted by Gasteiger charge is 1.98. The quantitative estimate of drug-likeness (QED) is 0.476. The number of nitrogens with zero attached hydrogens (tertiary/aromatic N) is 2. The van der Waals surface area contributed by atoms with Crippen LogP contribution in [0.15, 0.2) is 18.3 Å². The summed E-state index contributed by atoms with van der Waals surface area (Å²) < 4.78 is -0.126. The van der Waals surface area contributed by atoms with Crippen LogP contribution in [-0.4, -0.2) is 10.2 Å². The molecule has 0 atom stereocenters. The van der Waals surface area contributed by atoms with Crippen LogP contribution in [0.4, 0.5) is 0 Å². The van der Waals surface area contributed by atoms with E-state index in [0.717, 1.165) is 5.69 Å². The number of thiol groups is 2. The van der Waals surface area contributed by atoms with Gasteiger partial charge in [0.05, 0.1) is 10.3 Å². The molecule has 0 unspecified atom stereocenters. The lowest BCUT2D eigenvalue weighted by atomic mass is 10.4. The monoisotopic (exact) mass is 158 g/mol. The molecule has 0 bridgehead atoms. The van der Waals surface area contributed by atoms with Crippen molar-refractivity contribution in [3.63, 3.8) is 0 Å². The van der Waals surface area contributed by atoms with E-state index < -0.39 is 0 Å². The fourth-order valence-electron chi connectivity index (χ4n) is 0.451. The molecule has 0 aromatic carbocycles. The van der Waals surface area contributed by atoms with Crippen molar-refractivity contribution in [2.24, 2.45) is 0 Å². The summed E-state index contributed by atoms with van der Waals surface area (Å²) in [5.41, 5.74) is 0.782. The fourth-order valence-corrected chi connectivity index (χ4v) is 0.727. The Bertz CT molecular complexity index is 176. The maximum absolute atomic E-state index is 4.05. The highest BCUT2D eigenvalue weighted by Crippen LogP contribution is 2.19. The molecule has 0 amide bonds. The average Bonchev–Trinajstić information content (AvgIpc) is 1.90. The third kappa shape index (κ3) is 1.87. The smallest absolute Gasteiger partial charge is 0.0882 e. The molecule has 1 heterocycles. The molecule has 0 spiro atoms. The van der Waals surface area contributed by atoms with E-state index >= 15 is 0 Å². The van der Waals surface area contributed by atoms with Gasteiger partial charge in [0.1, 0.15) is 0 Å². The molecule has 0 aliphatic rings. The van der Waals surface area contributed by atoms with Crippen molar-refractivity contribution in [3.05, 3.63) is 24.0 Å². The summed E-state index contributed by atoms with van der Waals surface area (Å²) in [5.74, 6) is 0. The standard InChI is InChI=1S/C5H6N2S2/c8-5(9)4-2-1-3-6-7-4/h1-3,5,8-9H. The minimum absolute atomic E-state index is 0.126. The van der Waals surface area contributed by atoms with Gasteiger partial charge in [-0.25, -0.2) is 0 Å². The van der Waals surface area contributed by atoms with E-state index in [4.69, 9.17) is 0 Å². The lowest BCUT2D eigenvalue weighted by molar-refractivity contribution is 0.969. The largest absolute Gasteiger partial charge is 0.159 e. The Hall–Kier alpha value is -0.220. The second-order valence-electron chi connectivity index (χ2n) is 1.52. The van der Waals surface area contributed by atoms with Gasteiger partial charge >= 0.3 is 0 Å². The predicted octanol–water partition coefficient (Wildman–Crippen LogP) is 1.33. The Balaban J connectivity index is 2.85. The molecule has 0 aliphatic heterocycles. The van der Waals surface area contributed by atoms with Gasteiger partial charge in [-0.3, -0.25) is 0 Å². The molecule has 1 aromatic heterocycles. The third-order valence-corrected chi connectivity index (χ3v) is 1.39. The molecule has 0 N–H and O–H groups in total. The molecule has 0 fully saturated rings. The van der Waals surface area contributed by atoms with Crippen molar-refractivity contribution in [1.82, 2.24) is 10.2 Å². The highest BCUT2D eigenvalue weighted by molar-refractivity contribution is 7.98. The van der Waals surface area contributed by atoms with Gasteiger partial charge < -0.3 is 0 Å². The molecule has 1 rings (SSSR count). The Morgan fingerprint density at radius 1 is 1.44 bits per heavy atom. The van der Waals surface area contributed by atoms with E-state index in [2.05, 4.69) is 35.5 Å². The maximum Gasteiger partial charge on any atom is 0.0882 e. The first-order chi connectivity index (χ1) is 4.30. The Morgan fingerprint density at radius 2 is 2.22 bits per heavy atom. The Labute approximate surface area is 64.5 Å². The normalized spacial score (nSPS) is 10.1. The van der Waals surface area contributed by atoms with Gasteiger partial charge in [0.15, 0.2) is 0 Å². The second kappa shape index (κ2) is 3.08. The molecule has 48 valence electrons. The summed E-state index contributed by atoms with van der Waals surface area (Å²) >= 11 is 8.10. The van der Waals surface area contributed by atoms with Crippen LogP contribution in [0, 0.1) is 0 Å². The van der Waals surface area contributed by atoms with E-state index in [-0.39, 0.29) is 4.58 Å². The summed E-state index contributed by atoms with van der Waals surface area (Å²) in [6.45, 7) is 0. The first-order valence-electron chi connectivity index (χ1n) is 2.44. The van der Waals surface area contributed by atoms with Crippen molar-refractivity contribution in [3.8, 4) is 0 Å². The number of aromatic nitrogens is 2. The van der Waals surface area contributed by atoms with Crippen LogP contribution in [0.25, 0.3) is 0 Å². The van der Waals surface area contributed by atoms with Crippen LogP contribution in [0.1, 0.15) is 10.3 Å². The van der Waals surface area contributed by atoms with E-state index in [9.17, 15) is 0 Å². The zero-order valence-corrected chi connectivity index (χ0v) is 6.39. The summed E-state index contributed by atoms with van der Waals surface area (Å²) in [4.78, 5) is 0. The lowest BCUT2D eigenvalue weighted by Gasteiger charge is -1.97. The van der Waals surface area contributed by atoms with Gasteiger partial charge in [-0.05, 0) is 12.1 Å². The van der Waals surface area contributed by atoms with Gasteiger partial charge in [0.25, 0.3) is 0 Å². The third-order valence-electron chi connectivity index (χ3n) is 0.857. The van der Waals surface area contributed by atoms with E-state index in [1.54, 1.807) is 6.20 Å². The summed E-state index contributed by atoms with van der Waals surface area (Å²) in [5, 5.41) is 7.43. The summed E-state index contributed by atoms with van der Waals surface area (Å²) in [7, 11) is 0. The Morgan fingerprint density at radius 3 is 2.56 bits per heavy atom. The summed E-state index contributed by atoms with van der Waals surface area (Å²) in [6.07, 6.45) is 1.62. The SMILES string of the molecule is SC(S)c1cccnn1. The zero-order valence-electron chi connectivity index (χ0n) is 4.60. The van der Waals surface area contributed by atoms with Crippen molar-refractivity contribution in [1.29, 1.82) is 0 Å². The molecule has 0 aliphatic carbocycles. The van der Waals surface area contributed by atoms with Crippen LogP contribution in [0.3, 0.4) is 0 Å². The minimum atomic E-state index is -0.126. The van der Waals surface area contributed by atoms with Gasteiger partial charge in [-0.1, -0.05) is 0 Å². The second-order valence-corrected chi connectivity index (χ2v) is 2.96. The van der Waals surface area contributed by atoms with Crippen molar-refractivity contribution in [2.45, 2.75) is 4.58 Å². The van der Waals surface area contributed by atoms with Crippen LogP contribution < -0.4 is 0 Å². The van der Waals surface area contributed by atoms with Crippen LogP contribution in [0.2, 0.25) is 0 Å². The molecule has 9 heavy (non-hydrogen) atoms. The Kier molecular flexibility index (Phi) is 2.36. The number of hydrogen-bond acceptors (Lipinski definition) is 4. The first kappa shape index (κ1) is 6.89. The van der Waals surface area contributed by atoms with Gasteiger partial charge in [0, 0.05) is 6.20 Å². The maximum atomic E-state index is 4.05. The first-order valence-corrected chi connectivity index (χ1v) is 3.48. The average molecular weight is 158 g/mol. The van der Waals surface area contributed by atoms with Crippen LogP contribution >= 0.6 is 25.3 Å². The molecule has 4 heteroatoms. The minimum Gasteiger partial charge on any atom is -0.159 e. The predicted molar refractivity (Wildman–Crippen MR) is 42.7 cm³/mol. The van der Waals surface area contributed by atoms with E-state index in [1.807, 2.05) is 12.1 Å². The number of hydrogen-bond donors (Lipinski definition) is 2. The van der Waals surface area contributed by atoms with Gasteiger partial charge in [-0.2, -0.15) is 35.5 Å². The van der Waals surface area contributed by atoms with Crippen molar-refractivity contribution in [2.75, 3.05) is 0 Å². The summed E-state index contributed by atoms with van der Waals surface area (Å²) in [6, 6.07) is 3.64. The highest BCUT2D eigenvalue weighted by atomic mass is 32.2. The van der Waals surface area contributed by atoms with Gasteiger partial charge in [-0.15, -0.1) is 0 Å². The molecule has 1 aromatic rings. The molecule has 0 saturated carbocycles. The molecular formula is C5H6N2S2. The molecule has 2 nitrogen and oxygen atoms in total. The lowest BCUT2D eigenvalue weighted by Crippen LogP contribution is -1.88. The van der Waals surface area contributed by atoms with E-state index in [1.165, 1.54) is 0 Å². The van der Waals surface area contributed by atoms with Crippen molar-refractivity contribution < 1.29 is 0 Å². The van der Waals surface area contributed by atoms with Crippen LogP contribution in [0.5, 0.6) is 0 Å². The van der Waals surface area contributed by atoms with Gasteiger partial charge in [0.2, 0.25) is 0 Å².